The summed E-state index contributed by atoms with van der Waals surface area (Å²) in [6, 6.07) is 8.52. The molecule has 0 saturated carbocycles. The zero-order valence-corrected chi connectivity index (χ0v) is 21.9. The highest BCUT2D eigenvalue weighted by Gasteiger charge is 2.27. The molecule has 0 aromatic carbocycles. The molecule has 0 N–H and O–H groups in total. The first-order chi connectivity index (χ1) is 13.6. The summed E-state index contributed by atoms with van der Waals surface area (Å²) in [5, 5.41) is 0. The van der Waals surface area contributed by atoms with Crippen molar-refractivity contribution in [3.63, 3.8) is 0 Å². The van der Waals surface area contributed by atoms with Gasteiger partial charge in [0.1, 0.15) is 0 Å². The van der Waals surface area contributed by atoms with E-state index in [1.165, 1.54) is 94.1 Å². The molecule has 0 amide bonds. The Morgan fingerprint density at radius 1 is 0.607 bits per heavy atom. The molecule has 0 rings (SSSR count). The maximum Gasteiger partial charge on any atom is 0.0773 e. The van der Waals surface area contributed by atoms with Crippen LogP contribution in [0.2, 0.25) is 36.3 Å². The van der Waals surface area contributed by atoms with Crippen LogP contribution in [-0.4, -0.2) is 28.9 Å². The van der Waals surface area contributed by atoms with Gasteiger partial charge in [0, 0.05) is 6.54 Å². The lowest BCUT2D eigenvalue weighted by molar-refractivity contribution is 0.669. The summed E-state index contributed by atoms with van der Waals surface area (Å²) < 4.78 is 0. The molecule has 164 valence electrons. The van der Waals surface area contributed by atoms with Crippen LogP contribution in [0.25, 0.3) is 0 Å². The standard InChI is InChI=1S/C25H51NSi2/c1-7-20-27(11-5,21-8-2)24-16-14-13-15-18-26-19-17-25-28(12-6,22-9-3)23-10-4/h11-12,19H,5-10,13-18,20-25H2,1-4H3. The van der Waals surface area contributed by atoms with Gasteiger partial charge in [-0.15, -0.1) is 24.6 Å². The third-order valence-corrected chi connectivity index (χ3v) is 16.8. The van der Waals surface area contributed by atoms with Gasteiger partial charge in [-0.2, -0.15) is 0 Å². The highest BCUT2D eigenvalue weighted by molar-refractivity contribution is 6.84. The average molecular weight is 422 g/mol. The van der Waals surface area contributed by atoms with Gasteiger partial charge in [0.05, 0.1) is 16.1 Å². The van der Waals surface area contributed by atoms with Crippen LogP contribution in [0, 0.1) is 0 Å². The molecule has 0 bridgehead atoms. The van der Waals surface area contributed by atoms with Crippen molar-refractivity contribution in [2.45, 2.75) is 122 Å². The minimum Gasteiger partial charge on any atom is -0.298 e. The zero-order valence-electron chi connectivity index (χ0n) is 19.9. The molecule has 0 fully saturated rings. The summed E-state index contributed by atoms with van der Waals surface area (Å²) in [4.78, 5) is 4.71. The van der Waals surface area contributed by atoms with Crippen LogP contribution in [0.3, 0.4) is 0 Å². The van der Waals surface area contributed by atoms with E-state index in [0.717, 1.165) is 6.54 Å². The molecule has 28 heavy (non-hydrogen) atoms. The second-order valence-corrected chi connectivity index (χ2v) is 18.2. The van der Waals surface area contributed by atoms with E-state index in [2.05, 4.69) is 58.5 Å². The first-order valence-electron chi connectivity index (χ1n) is 12.3. The van der Waals surface area contributed by atoms with Crippen molar-refractivity contribution in [2.75, 3.05) is 6.54 Å². The molecule has 3 heteroatoms. The van der Waals surface area contributed by atoms with Gasteiger partial charge >= 0.3 is 0 Å². The quantitative estimate of drug-likeness (QED) is 0.106. The summed E-state index contributed by atoms with van der Waals surface area (Å²) >= 11 is 0. The van der Waals surface area contributed by atoms with E-state index in [0.29, 0.717) is 0 Å². The summed E-state index contributed by atoms with van der Waals surface area (Å²) in [5.41, 5.74) is 4.76. The molecule has 0 spiro atoms. The van der Waals surface area contributed by atoms with Gasteiger partial charge in [0.15, 0.2) is 0 Å². The minimum absolute atomic E-state index is 1.03. The Bertz CT molecular complexity index is 405. The predicted octanol–water partition coefficient (Wildman–Crippen LogP) is 9.00. The molecule has 0 atom stereocenters. The van der Waals surface area contributed by atoms with Crippen LogP contribution in [0.15, 0.2) is 29.5 Å². The molecule has 1 nitrogen and oxygen atoms in total. The molecule has 0 aliphatic heterocycles. The average Bonchev–Trinajstić information content (AvgIpc) is 2.69. The van der Waals surface area contributed by atoms with E-state index in [4.69, 9.17) is 4.99 Å². The molecule has 0 aromatic heterocycles. The maximum absolute atomic E-state index is 4.71. The van der Waals surface area contributed by atoms with Gasteiger partial charge in [0.2, 0.25) is 0 Å². The van der Waals surface area contributed by atoms with E-state index in [9.17, 15) is 0 Å². The highest BCUT2D eigenvalue weighted by Crippen LogP contribution is 2.28. The van der Waals surface area contributed by atoms with Gasteiger partial charge in [-0.1, -0.05) is 103 Å². The Balaban J connectivity index is 4.01. The van der Waals surface area contributed by atoms with Crippen LogP contribution in [-0.2, 0) is 0 Å². The Morgan fingerprint density at radius 3 is 1.54 bits per heavy atom. The molecular formula is C25H51NSi2. The maximum atomic E-state index is 4.71. The fourth-order valence-corrected chi connectivity index (χ4v) is 13.3. The zero-order chi connectivity index (χ0) is 21.1. The first kappa shape index (κ1) is 27.6. The molecule has 0 aromatic rings. The van der Waals surface area contributed by atoms with E-state index < -0.39 is 16.1 Å². The molecule has 0 saturated heterocycles. The second kappa shape index (κ2) is 17.4. The van der Waals surface area contributed by atoms with Crippen LogP contribution in [0.5, 0.6) is 0 Å². The Labute approximate surface area is 180 Å². The van der Waals surface area contributed by atoms with Gasteiger partial charge in [-0.25, -0.2) is 0 Å². The van der Waals surface area contributed by atoms with Crippen LogP contribution >= 0.6 is 0 Å². The van der Waals surface area contributed by atoms with Crippen LogP contribution in [0.4, 0.5) is 0 Å². The Morgan fingerprint density at radius 2 is 1.07 bits per heavy atom. The molecular weight excluding hydrogens is 370 g/mol. The van der Waals surface area contributed by atoms with Crippen molar-refractivity contribution < 1.29 is 0 Å². The van der Waals surface area contributed by atoms with Crippen molar-refractivity contribution in [1.82, 2.24) is 0 Å². The SMILES string of the molecule is C=C[Si](CCC)(CCC)CCC=NCCCCCC[Si](C=C)(CCC)CCC. The Kier molecular flexibility index (Phi) is 17.2. The third-order valence-electron chi connectivity index (χ3n) is 6.47. The summed E-state index contributed by atoms with van der Waals surface area (Å²) in [7, 11) is -2.38. The van der Waals surface area contributed by atoms with Crippen LogP contribution < -0.4 is 0 Å². The smallest absolute Gasteiger partial charge is 0.0773 e. The second-order valence-electron chi connectivity index (χ2n) is 8.92. The van der Waals surface area contributed by atoms with Gasteiger partial charge in [0.25, 0.3) is 0 Å². The lowest BCUT2D eigenvalue weighted by Crippen LogP contribution is -2.31. The first-order valence-corrected chi connectivity index (χ1v) is 17.7. The fraction of sp³-hybridized carbons (Fsp3) is 0.800. The van der Waals surface area contributed by atoms with Crippen LogP contribution in [0.1, 0.15) is 85.5 Å². The monoisotopic (exact) mass is 421 g/mol. The normalized spacial score (nSPS) is 12.6. The molecule has 0 unspecified atom stereocenters. The van der Waals surface area contributed by atoms with E-state index >= 15 is 0 Å². The predicted molar refractivity (Wildman–Crippen MR) is 138 cm³/mol. The molecule has 0 aliphatic carbocycles. The minimum atomic E-state index is -1.22. The fourth-order valence-electron chi connectivity index (χ4n) is 4.92. The lowest BCUT2D eigenvalue weighted by atomic mass is 10.2. The number of hydrogen-bond donors (Lipinski definition) is 0. The summed E-state index contributed by atoms with van der Waals surface area (Å²) in [5.74, 6) is 0. The van der Waals surface area contributed by atoms with Gasteiger partial charge in [-0.3, -0.25) is 4.99 Å². The number of unbranched alkanes of at least 4 members (excludes halogenated alkanes) is 3. The number of aliphatic imine (C=N–C) groups is 1. The van der Waals surface area contributed by atoms with Crippen molar-refractivity contribution in [1.29, 1.82) is 0 Å². The highest BCUT2D eigenvalue weighted by atomic mass is 28.3. The molecule has 0 radical (unpaired) electrons. The largest absolute Gasteiger partial charge is 0.298 e. The Hall–Kier alpha value is -0.416. The number of nitrogens with zero attached hydrogens (tertiary/aromatic N) is 1. The molecule has 0 aliphatic rings. The van der Waals surface area contributed by atoms with Crippen molar-refractivity contribution in [2.24, 2.45) is 4.99 Å². The summed E-state index contributed by atoms with van der Waals surface area (Å²) in [6.07, 6.45) is 14.1. The summed E-state index contributed by atoms with van der Waals surface area (Å²) in [6.45, 7) is 18.7. The van der Waals surface area contributed by atoms with Crippen molar-refractivity contribution >= 4 is 22.4 Å². The topological polar surface area (TPSA) is 12.4 Å². The third kappa shape index (κ3) is 11.6. The van der Waals surface area contributed by atoms with Gasteiger partial charge < -0.3 is 0 Å². The number of rotatable bonds is 20. The number of hydrogen-bond acceptors (Lipinski definition) is 1. The van der Waals surface area contributed by atoms with E-state index in [1.54, 1.807) is 0 Å². The van der Waals surface area contributed by atoms with Crippen molar-refractivity contribution in [3.05, 3.63) is 24.6 Å². The van der Waals surface area contributed by atoms with Gasteiger partial charge in [-0.05, 0) is 25.1 Å². The van der Waals surface area contributed by atoms with E-state index in [1.807, 2.05) is 0 Å². The van der Waals surface area contributed by atoms with E-state index in [-0.39, 0.29) is 0 Å². The molecule has 0 heterocycles. The van der Waals surface area contributed by atoms with Crippen molar-refractivity contribution in [3.8, 4) is 0 Å². The lowest BCUT2D eigenvalue weighted by Gasteiger charge is -2.27.